The minimum absolute atomic E-state index is 0.344. The van der Waals surface area contributed by atoms with Gasteiger partial charge >= 0.3 is 0 Å². The minimum atomic E-state index is 0.344. The fourth-order valence-electron chi connectivity index (χ4n) is 2.31. The van der Waals surface area contributed by atoms with Gasteiger partial charge in [0.2, 0.25) is 0 Å². The van der Waals surface area contributed by atoms with Crippen LogP contribution >= 0.6 is 11.3 Å². The van der Waals surface area contributed by atoms with Gasteiger partial charge in [0.15, 0.2) is 0 Å². The molecule has 0 saturated carbocycles. The number of aromatic amines is 1. The smallest absolute Gasteiger partial charge is 0.114 e. The van der Waals surface area contributed by atoms with E-state index >= 15 is 0 Å². The molecule has 0 amide bonds. The molecule has 0 aliphatic rings. The number of benzene rings is 1. The number of imidazole rings is 1. The van der Waals surface area contributed by atoms with Crippen LogP contribution < -0.4 is 5.32 Å². The molecule has 0 radical (unpaired) electrons. The molecule has 5 heteroatoms. The molecule has 3 rings (SSSR count). The molecular weight excluding hydrogens is 268 g/mol. The van der Waals surface area contributed by atoms with Crippen LogP contribution in [0.2, 0.25) is 0 Å². The second-order valence-electron chi connectivity index (χ2n) is 4.95. The van der Waals surface area contributed by atoms with Crippen LogP contribution in [0.3, 0.4) is 0 Å². The number of thiazole rings is 1. The molecule has 0 saturated heterocycles. The van der Waals surface area contributed by atoms with Gasteiger partial charge in [-0.2, -0.15) is 0 Å². The Morgan fingerprint density at radius 1 is 1.30 bits per heavy atom. The summed E-state index contributed by atoms with van der Waals surface area (Å²) in [5.41, 5.74) is 3.21. The second kappa shape index (κ2) is 5.34. The predicted octanol–water partition coefficient (Wildman–Crippen LogP) is 3.20. The predicted molar refractivity (Wildman–Crippen MR) is 83.2 cm³/mol. The molecule has 2 N–H and O–H groups in total. The molecule has 1 unspecified atom stereocenters. The van der Waals surface area contributed by atoms with Crippen LogP contribution in [0.25, 0.3) is 11.0 Å². The Morgan fingerprint density at radius 2 is 2.10 bits per heavy atom. The average molecular weight is 286 g/mol. The number of nitrogens with zero attached hydrogens (tertiary/aromatic N) is 2. The number of hydrogen-bond donors (Lipinski definition) is 2. The molecule has 4 nitrogen and oxygen atoms in total. The zero-order valence-corrected chi connectivity index (χ0v) is 12.7. The lowest BCUT2D eigenvalue weighted by Crippen LogP contribution is -2.11. The molecule has 2 aromatic heterocycles. The van der Waals surface area contributed by atoms with Gasteiger partial charge in [-0.05, 0) is 33.0 Å². The average Bonchev–Trinajstić information content (AvgIpc) is 3.01. The van der Waals surface area contributed by atoms with E-state index in [-0.39, 0.29) is 0 Å². The van der Waals surface area contributed by atoms with Gasteiger partial charge in [-0.3, -0.25) is 0 Å². The first-order chi connectivity index (χ1) is 9.67. The second-order valence-corrected chi connectivity index (χ2v) is 6.06. The summed E-state index contributed by atoms with van der Waals surface area (Å²) in [6.45, 7) is 4.23. The van der Waals surface area contributed by atoms with Crippen molar-refractivity contribution in [2.75, 3.05) is 7.05 Å². The molecule has 0 bridgehead atoms. The maximum Gasteiger partial charge on any atom is 0.114 e. The molecule has 0 aliphatic heterocycles. The van der Waals surface area contributed by atoms with Crippen molar-refractivity contribution in [2.45, 2.75) is 26.3 Å². The number of aryl methyl sites for hydroxylation is 1. The highest BCUT2D eigenvalue weighted by atomic mass is 32.1. The third-order valence-corrected chi connectivity index (χ3v) is 4.80. The van der Waals surface area contributed by atoms with E-state index in [9.17, 15) is 0 Å². The maximum atomic E-state index is 4.66. The van der Waals surface area contributed by atoms with Crippen LogP contribution in [-0.4, -0.2) is 22.0 Å². The van der Waals surface area contributed by atoms with Gasteiger partial charge in [-0.25, -0.2) is 9.97 Å². The van der Waals surface area contributed by atoms with E-state index in [0.29, 0.717) is 6.04 Å². The normalized spacial score (nSPS) is 12.9. The lowest BCUT2D eigenvalue weighted by atomic mass is 10.2. The fraction of sp³-hybridized carbons (Fsp3) is 0.333. The largest absolute Gasteiger partial charge is 0.342 e. The van der Waals surface area contributed by atoms with Crippen molar-refractivity contribution in [3.63, 3.8) is 0 Å². The highest BCUT2D eigenvalue weighted by molar-refractivity contribution is 7.11. The van der Waals surface area contributed by atoms with Gasteiger partial charge in [-0.1, -0.05) is 12.1 Å². The van der Waals surface area contributed by atoms with Crippen molar-refractivity contribution in [3.05, 3.63) is 45.7 Å². The number of nitrogens with one attached hydrogen (secondary N) is 2. The van der Waals surface area contributed by atoms with Crippen LogP contribution in [0.15, 0.2) is 24.3 Å². The van der Waals surface area contributed by atoms with Crippen molar-refractivity contribution in [3.8, 4) is 0 Å². The summed E-state index contributed by atoms with van der Waals surface area (Å²) in [4.78, 5) is 13.9. The van der Waals surface area contributed by atoms with Crippen LogP contribution in [-0.2, 0) is 6.42 Å². The molecule has 0 spiro atoms. The van der Waals surface area contributed by atoms with Gasteiger partial charge < -0.3 is 10.3 Å². The van der Waals surface area contributed by atoms with Gasteiger partial charge in [0.25, 0.3) is 0 Å². The van der Waals surface area contributed by atoms with Crippen LogP contribution in [0.1, 0.15) is 34.4 Å². The SMILES string of the molecule is CNC(C)c1sc(Cc2nc3ccccc3[nH]2)nc1C. The van der Waals surface area contributed by atoms with Crippen molar-refractivity contribution >= 4 is 22.4 Å². The summed E-state index contributed by atoms with van der Waals surface area (Å²) in [6.07, 6.45) is 0.761. The van der Waals surface area contributed by atoms with Crippen molar-refractivity contribution < 1.29 is 0 Å². The number of aromatic nitrogens is 3. The number of hydrogen-bond acceptors (Lipinski definition) is 4. The number of rotatable bonds is 4. The first-order valence-electron chi connectivity index (χ1n) is 6.74. The quantitative estimate of drug-likeness (QED) is 0.774. The Hall–Kier alpha value is -1.72. The standard InChI is InChI=1S/C15H18N4S/c1-9(16-3)15-10(2)17-14(20-15)8-13-18-11-6-4-5-7-12(11)19-13/h4-7,9,16H,8H2,1-3H3,(H,18,19). The Kier molecular flexibility index (Phi) is 3.54. The summed E-state index contributed by atoms with van der Waals surface area (Å²) in [5.74, 6) is 0.976. The van der Waals surface area contributed by atoms with E-state index in [1.165, 1.54) is 4.88 Å². The van der Waals surface area contributed by atoms with Gasteiger partial charge in [0.1, 0.15) is 10.8 Å². The summed E-state index contributed by atoms with van der Waals surface area (Å²) < 4.78 is 0. The van der Waals surface area contributed by atoms with E-state index in [2.05, 4.69) is 34.1 Å². The molecule has 0 fully saturated rings. The highest BCUT2D eigenvalue weighted by Gasteiger charge is 2.14. The van der Waals surface area contributed by atoms with E-state index in [0.717, 1.165) is 34.0 Å². The fourth-order valence-corrected chi connectivity index (χ4v) is 3.44. The molecule has 0 aliphatic carbocycles. The zero-order chi connectivity index (χ0) is 14.1. The van der Waals surface area contributed by atoms with Crippen molar-refractivity contribution in [1.82, 2.24) is 20.3 Å². The highest BCUT2D eigenvalue weighted by Crippen LogP contribution is 2.26. The third-order valence-electron chi connectivity index (χ3n) is 3.46. The molecule has 104 valence electrons. The Bertz CT molecular complexity index is 695. The van der Waals surface area contributed by atoms with E-state index in [1.54, 1.807) is 11.3 Å². The lowest BCUT2D eigenvalue weighted by Gasteiger charge is -2.06. The summed E-state index contributed by atoms with van der Waals surface area (Å²) in [7, 11) is 1.97. The maximum absolute atomic E-state index is 4.66. The van der Waals surface area contributed by atoms with Crippen LogP contribution in [0.5, 0.6) is 0 Å². The summed E-state index contributed by atoms with van der Waals surface area (Å²) >= 11 is 1.76. The van der Waals surface area contributed by atoms with Gasteiger partial charge in [0.05, 0.1) is 23.1 Å². The van der Waals surface area contributed by atoms with Gasteiger partial charge in [-0.15, -0.1) is 11.3 Å². The van der Waals surface area contributed by atoms with Crippen molar-refractivity contribution in [2.24, 2.45) is 0 Å². The summed E-state index contributed by atoms with van der Waals surface area (Å²) in [6, 6.07) is 8.44. The first-order valence-corrected chi connectivity index (χ1v) is 7.56. The molecule has 20 heavy (non-hydrogen) atoms. The molecule has 1 aromatic carbocycles. The van der Waals surface area contributed by atoms with E-state index in [4.69, 9.17) is 0 Å². The molecule has 2 heterocycles. The number of para-hydroxylation sites is 2. The molecule has 3 aromatic rings. The molecular formula is C15H18N4S. The summed E-state index contributed by atoms with van der Waals surface area (Å²) in [5, 5.41) is 4.38. The molecule has 1 atom stereocenters. The minimum Gasteiger partial charge on any atom is -0.342 e. The van der Waals surface area contributed by atoms with Gasteiger partial charge in [0, 0.05) is 10.9 Å². The number of fused-ring (bicyclic) bond motifs is 1. The Balaban J connectivity index is 1.87. The van der Waals surface area contributed by atoms with E-state index in [1.807, 2.05) is 31.3 Å². The number of H-pyrrole nitrogens is 1. The lowest BCUT2D eigenvalue weighted by molar-refractivity contribution is 0.658. The topological polar surface area (TPSA) is 53.6 Å². The van der Waals surface area contributed by atoms with E-state index < -0.39 is 0 Å². The third kappa shape index (κ3) is 2.46. The Morgan fingerprint density at radius 3 is 2.85 bits per heavy atom. The monoisotopic (exact) mass is 286 g/mol. The van der Waals surface area contributed by atoms with Crippen LogP contribution in [0, 0.1) is 6.92 Å². The first kappa shape index (κ1) is 13.3. The Labute approximate surface area is 122 Å². The van der Waals surface area contributed by atoms with Crippen LogP contribution in [0.4, 0.5) is 0 Å². The van der Waals surface area contributed by atoms with Crippen molar-refractivity contribution in [1.29, 1.82) is 0 Å². The zero-order valence-electron chi connectivity index (χ0n) is 11.9.